The standard InChI is InChI=1S/C22H27N3O2.2ClH/c1-14-5-3-7-20(15(14)2)27-22-19(6-4-10-23-22)25-21(26)13-16-11-17-8-9-18(12-16)24-17;;/h3-7,10,16-18,24H,8-9,11-13H2,1-2H3,(H,25,26);2*1H. The zero-order valence-electron chi connectivity index (χ0n) is 16.8. The molecule has 1 aromatic carbocycles. The molecule has 2 N–H and O–H groups in total. The molecule has 0 aliphatic carbocycles. The van der Waals surface area contributed by atoms with Gasteiger partial charge in [0.2, 0.25) is 11.8 Å². The quantitative estimate of drug-likeness (QED) is 0.674. The van der Waals surface area contributed by atoms with Gasteiger partial charge in [0.1, 0.15) is 11.4 Å². The van der Waals surface area contributed by atoms with Crippen molar-refractivity contribution < 1.29 is 9.53 Å². The van der Waals surface area contributed by atoms with Crippen LogP contribution in [0.3, 0.4) is 0 Å². The highest BCUT2D eigenvalue weighted by Crippen LogP contribution is 2.34. The second-order valence-corrected chi connectivity index (χ2v) is 7.88. The van der Waals surface area contributed by atoms with Crippen molar-refractivity contribution in [2.75, 3.05) is 5.32 Å². The average Bonchev–Trinajstić information content (AvgIpc) is 2.99. The lowest BCUT2D eigenvalue weighted by Crippen LogP contribution is -2.39. The number of aromatic nitrogens is 1. The number of benzene rings is 1. The molecule has 2 aromatic rings. The molecule has 1 aromatic heterocycles. The maximum atomic E-state index is 12.6. The highest BCUT2D eigenvalue weighted by molar-refractivity contribution is 5.92. The summed E-state index contributed by atoms with van der Waals surface area (Å²) in [6.07, 6.45) is 6.94. The van der Waals surface area contributed by atoms with E-state index in [9.17, 15) is 4.79 Å². The van der Waals surface area contributed by atoms with Crippen LogP contribution in [0.2, 0.25) is 0 Å². The molecule has 0 saturated carbocycles. The van der Waals surface area contributed by atoms with Crippen LogP contribution in [0, 0.1) is 19.8 Å². The maximum Gasteiger partial charge on any atom is 0.243 e. The number of carbonyl (C=O) groups is 1. The van der Waals surface area contributed by atoms with E-state index in [-0.39, 0.29) is 30.7 Å². The lowest BCUT2D eigenvalue weighted by molar-refractivity contribution is -0.117. The smallest absolute Gasteiger partial charge is 0.243 e. The monoisotopic (exact) mass is 437 g/mol. The van der Waals surface area contributed by atoms with Crippen LogP contribution in [0.4, 0.5) is 5.69 Å². The van der Waals surface area contributed by atoms with E-state index in [1.54, 1.807) is 6.20 Å². The van der Waals surface area contributed by atoms with Crippen molar-refractivity contribution in [1.29, 1.82) is 0 Å². The van der Waals surface area contributed by atoms with Gasteiger partial charge < -0.3 is 15.4 Å². The topological polar surface area (TPSA) is 63.2 Å². The Balaban J connectivity index is 0.00000150. The van der Waals surface area contributed by atoms with Crippen LogP contribution in [0.25, 0.3) is 0 Å². The molecule has 4 rings (SSSR count). The molecule has 2 fully saturated rings. The Morgan fingerprint density at radius 1 is 1.14 bits per heavy atom. The first-order valence-corrected chi connectivity index (χ1v) is 9.83. The second kappa shape index (κ2) is 10.3. The van der Waals surface area contributed by atoms with Gasteiger partial charge in [-0.05, 0) is 74.8 Å². The Hall–Kier alpha value is -1.82. The number of nitrogens with zero attached hydrogens (tertiary/aromatic N) is 1. The third-order valence-electron chi connectivity index (χ3n) is 5.85. The molecule has 0 radical (unpaired) electrons. The molecule has 2 bridgehead atoms. The summed E-state index contributed by atoms with van der Waals surface area (Å²) in [6.45, 7) is 4.08. The van der Waals surface area contributed by atoms with Crippen LogP contribution in [0.15, 0.2) is 36.5 Å². The van der Waals surface area contributed by atoms with E-state index in [0.29, 0.717) is 36.0 Å². The minimum absolute atomic E-state index is 0. The van der Waals surface area contributed by atoms with Gasteiger partial charge in [-0.25, -0.2) is 4.98 Å². The molecule has 3 heterocycles. The number of hydrogen-bond acceptors (Lipinski definition) is 4. The summed E-state index contributed by atoms with van der Waals surface area (Å²) < 4.78 is 6.02. The maximum absolute atomic E-state index is 12.6. The van der Waals surface area contributed by atoms with Gasteiger partial charge in [0, 0.05) is 24.7 Å². The lowest BCUT2D eigenvalue weighted by Gasteiger charge is -2.28. The largest absolute Gasteiger partial charge is 0.437 e. The van der Waals surface area contributed by atoms with Crippen molar-refractivity contribution in [2.24, 2.45) is 5.92 Å². The summed E-state index contributed by atoms with van der Waals surface area (Å²) in [6, 6.07) is 10.8. The van der Waals surface area contributed by atoms with Crippen LogP contribution in [0.5, 0.6) is 11.6 Å². The number of aryl methyl sites for hydroxylation is 1. The molecule has 5 nitrogen and oxygen atoms in total. The average molecular weight is 438 g/mol. The number of piperidine rings is 1. The summed E-state index contributed by atoms with van der Waals surface area (Å²) in [4.78, 5) is 17.0. The van der Waals surface area contributed by atoms with E-state index in [1.807, 2.05) is 31.2 Å². The Labute approximate surface area is 184 Å². The molecule has 1 amide bonds. The normalized spacial score (nSPS) is 22.2. The SMILES string of the molecule is Cc1cccc(Oc2ncccc2NC(=O)CC2CC3CCC(C2)N3)c1C.Cl.Cl. The summed E-state index contributed by atoms with van der Waals surface area (Å²) in [5.41, 5.74) is 2.86. The molecular formula is C22H29Cl2N3O2. The molecule has 158 valence electrons. The summed E-state index contributed by atoms with van der Waals surface area (Å²) in [5, 5.41) is 6.64. The molecule has 2 aliphatic heterocycles. The molecular weight excluding hydrogens is 409 g/mol. The van der Waals surface area contributed by atoms with Gasteiger partial charge in [0.25, 0.3) is 0 Å². The number of amides is 1. The first-order valence-electron chi connectivity index (χ1n) is 9.83. The van der Waals surface area contributed by atoms with Crippen molar-refractivity contribution in [1.82, 2.24) is 10.3 Å². The first-order chi connectivity index (χ1) is 13.1. The molecule has 2 aliphatic rings. The fourth-order valence-electron chi connectivity index (χ4n) is 4.31. The van der Waals surface area contributed by atoms with Gasteiger partial charge in [-0.1, -0.05) is 12.1 Å². The van der Waals surface area contributed by atoms with Gasteiger partial charge in [-0.2, -0.15) is 0 Å². The molecule has 2 atom stereocenters. The summed E-state index contributed by atoms with van der Waals surface area (Å²) in [5.74, 6) is 1.70. The Morgan fingerprint density at radius 2 is 1.86 bits per heavy atom. The van der Waals surface area contributed by atoms with Crippen LogP contribution in [0.1, 0.15) is 43.2 Å². The molecule has 7 heteroatoms. The van der Waals surface area contributed by atoms with E-state index in [1.165, 1.54) is 12.8 Å². The number of ether oxygens (including phenoxy) is 1. The van der Waals surface area contributed by atoms with E-state index in [0.717, 1.165) is 29.7 Å². The highest BCUT2D eigenvalue weighted by Gasteiger charge is 2.34. The minimum atomic E-state index is 0. The third-order valence-corrected chi connectivity index (χ3v) is 5.85. The molecule has 2 unspecified atom stereocenters. The van der Waals surface area contributed by atoms with E-state index < -0.39 is 0 Å². The molecule has 2 saturated heterocycles. The van der Waals surface area contributed by atoms with Crippen LogP contribution < -0.4 is 15.4 Å². The number of hydrogen-bond donors (Lipinski definition) is 2. The van der Waals surface area contributed by atoms with Crippen molar-refractivity contribution in [3.05, 3.63) is 47.7 Å². The third kappa shape index (κ3) is 5.62. The van der Waals surface area contributed by atoms with Crippen molar-refractivity contribution in [3.8, 4) is 11.6 Å². The number of rotatable bonds is 5. The Bertz CT molecular complexity index is 835. The molecule has 0 spiro atoms. The van der Waals surface area contributed by atoms with E-state index in [2.05, 4.69) is 28.6 Å². The van der Waals surface area contributed by atoms with Crippen molar-refractivity contribution in [2.45, 2.75) is 58.0 Å². The second-order valence-electron chi connectivity index (χ2n) is 7.88. The summed E-state index contributed by atoms with van der Waals surface area (Å²) >= 11 is 0. The zero-order chi connectivity index (χ0) is 18.8. The minimum Gasteiger partial charge on any atom is -0.437 e. The predicted octanol–water partition coefficient (Wildman–Crippen LogP) is 5.19. The number of halogens is 2. The van der Waals surface area contributed by atoms with Gasteiger partial charge in [0.05, 0.1) is 0 Å². The zero-order valence-corrected chi connectivity index (χ0v) is 18.4. The lowest BCUT2D eigenvalue weighted by atomic mass is 9.89. The fraction of sp³-hybridized carbons (Fsp3) is 0.455. The van der Waals surface area contributed by atoms with Crippen LogP contribution in [-0.4, -0.2) is 23.0 Å². The number of pyridine rings is 1. The first kappa shape index (κ1) is 23.5. The Kier molecular flexibility index (Phi) is 8.32. The number of carbonyl (C=O) groups excluding carboxylic acids is 1. The number of anilines is 1. The highest BCUT2D eigenvalue weighted by atomic mass is 35.5. The summed E-state index contributed by atoms with van der Waals surface area (Å²) in [7, 11) is 0. The van der Waals surface area contributed by atoms with Gasteiger partial charge in [-0.3, -0.25) is 4.79 Å². The number of nitrogens with one attached hydrogen (secondary N) is 2. The number of fused-ring (bicyclic) bond motifs is 2. The van der Waals surface area contributed by atoms with Crippen molar-refractivity contribution in [3.63, 3.8) is 0 Å². The molecule has 29 heavy (non-hydrogen) atoms. The van der Waals surface area contributed by atoms with E-state index >= 15 is 0 Å². The van der Waals surface area contributed by atoms with Gasteiger partial charge >= 0.3 is 0 Å². The van der Waals surface area contributed by atoms with Crippen LogP contribution in [-0.2, 0) is 4.79 Å². The Morgan fingerprint density at radius 3 is 2.59 bits per heavy atom. The van der Waals surface area contributed by atoms with Gasteiger partial charge in [0.15, 0.2) is 0 Å². The van der Waals surface area contributed by atoms with Crippen LogP contribution >= 0.6 is 24.8 Å². The van der Waals surface area contributed by atoms with Crippen molar-refractivity contribution >= 4 is 36.4 Å². The van der Waals surface area contributed by atoms with E-state index in [4.69, 9.17) is 4.74 Å². The predicted molar refractivity (Wildman–Crippen MR) is 121 cm³/mol. The van der Waals surface area contributed by atoms with Gasteiger partial charge in [-0.15, -0.1) is 24.8 Å². The fourth-order valence-corrected chi connectivity index (χ4v) is 4.31.